The van der Waals surface area contributed by atoms with Crippen molar-refractivity contribution < 1.29 is 23.8 Å². The van der Waals surface area contributed by atoms with Crippen LogP contribution in [0.2, 0.25) is 0 Å². The van der Waals surface area contributed by atoms with Gasteiger partial charge in [-0.25, -0.2) is 9.18 Å². The molecule has 2 aromatic rings. The van der Waals surface area contributed by atoms with E-state index >= 15 is 0 Å². The highest BCUT2D eigenvalue weighted by atomic mass is 32.1. The number of carboxylic acids is 1. The van der Waals surface area contributed by atoms with Crippen LogP contribution in [0.1, 0.15) is 29.1 Å². The van der Waals surface area contributed by atoms with Crippen LogP contribution in [0.25, 0.3) is 0 Å². The van der Waals surface area contributed by atoms with E-state index in [0.29, 0.717) is 10.6 Å². The van der Waals surface area contributed by atoms with Crippen molar-refractivity contribution in [3.63, 3.8) is 0 Å². The predicted molar refractivity (Wildman–Crippen MR) is 85.8 cm³/mol. The minimum absolute atomic E-state index is 0.0123. The molecule has 0 radical (unpaired) electrons. The molecule has 0 fully saturated rings. The van der Waals surface area contributed by atoms with Crippen LogP contribution in [0.3, 0.4) is 0 Å². The topological polar surface area (TPSA) is 75.6 Å². The molecule has 1 amide bonds. The number of aromatic carboxylic acids is 1. The molecule has 2 rings (SSSR count). The van der Waals surface area contributed by atoms with E-state index in [4.69, 9.17) is 9.84 Å². The van der Waals surface area contributed by atoms with Crippen molar-refractivity contribution in [3.05, 3.63) is 45.9 Å². The van der Waals surface area contributed by atoms with Crippen LogP contribution in [0.4, 0.5) is 10.1 Å². The average Bonchev–Trinajstić information content (AvgIpc) is 2.90. The molecule has 1 heterocycles. The van der Waals surface area contributed by atoms with E-state index in [9.17, 15) is 14.0 Å². The monoisotopic (exact) mass is 337 g/mol. The number of nitrogens with one attached hydrogen (secondary N) is 1. The SMILES string of the molecule is CC(C)Oc1ccc(NC(=O)Cc2cc(C(=O)O)cs2)c(F)c1. The van der Waals surface area contributed by atoms with Crippen LogP contribution in [0.15, 0.2) is 29.6 Å². The molecular weight excluding hydrogens is 321 g/mol. The van der Waals surface area contributed by atoms with Crippen molar-refractivity contribution >= 4 is 28.9 Å². The number of benzene rings is 1. The summed E-state index contributed by atoms with van der Waals surface area (Å²) >= 11 is 1.17. The van der Waals surface area contributed by atoms with Crippen molar-refractivity contribution in [1.82, 2.24) is 0 Å². The molecule has 0 atom stereocenters. The summed E-state index contributed by atoms with van der Waals surface area (Å²) in [5, 5.41) is 12.8. The number of hydrogen-bond acceptors (Lipinski definition) is 4. The van der Waals surface area contributed by atoms with Gasteiger partial charge in [-0.15, -0.1) is 11.3 Å². The fourth-order valence-corrected chi connectivity index (χ4v) is 2.74. The first-order chi connectivity index (χ1) is 10.8. The molecule has 7 heteroatoms. The Morgan fingerprint density at radius 3 is 2.65 bits per heavy atom. The van der Waals surface area contributed by atoms with Gasteiger partial charge in [0.15, 0.2) is 0 Å². The summed E-state index contributed by atoms with van der Waals surface area (Å²) in [6.07, 6.45) is -0.0844. The van der Waals surface area contributed by atoms with Crippen LogP contribution < -0.4 is 10.1 Å². The lowest BCUT2D eigenvalue weighted by Crippen LogP contribution is -2.15. The highest BCUT2D eigenvalue weighted by Gasteiger charge is 2.12. The maximum atomic E-state index is 13.9. The number of ether oxygens (including phenoxy) is 1. The van der Waals surface area contributed by atoms with Gasteiger partial charge in [-0.1, -0.05) is 0 Å². The molecule has 0 bridgehead atoms. The maximum absolute atomic E-state index is 13.9. The average molecular weight is 337 g/mol. The van der Waals surface area contributed by atoms with E-state index in [1.54, 1.807) is 6.07 Å². The third-order valence-corrected chi connectivity index (χ3v) is 3.76. The number of carboxylic acid groups (broad SMARTS) is 1. The molecule has 122 valence electrons. The van der Waals surface area contributed by atoms with Gasteiger partial charge in [0.05, 0.1) is 23.8 Å². The van der Waals surface area contributed by atoms with E-state index in [1.165, 1.54) is 34.9 Å². The van der Waals surface area contributed by atoms with Crippen molar-refractivity contribution in [2.45, 2.75) is 26.4 Å². The summed E-state index contributed by atoms with van der Waals surface area (Å²) in [6, 6.07) is 5.65. The van der Waals surface area contributed by atoms with Crippen molar-refractivity contribution in [2.24, 2.45) is 0 Å². The molecule has 0 spiro atoms. The zero-order chi connectivity index (χ0) is 17.0. The van der Waals surface area contributed by atoms with Gasteiger partial charge in [-0.2, -0.15) is 0 Å². The molecule has 0 aliphatic carbocycles. The van der Waals surface area contributed by atoms with Gasteiger partial charge in [-0.05, 0) is 32.0 Å². The normalized spacial score (nSPS) is 10.6. The lowest BCUT2D eigenvalue weighted by atomic mass is 10.2. The second-order valence-electron chi connectivity index (χ2n) is 5.14. The third-order valence-electron chi connectivity index (χ3n) is 2.82. The molecule has 1 aromatic heterocycles. The van der Waals surface area contributed by atoms with Gasteiger partial charge in [-0.3, -0.25) is 4.79 Å². The summed E-state index contributed by atoms with van der Waals surface area (Å²) in [4.78, 5) is 23.3. The first-order valence-electron chi connectivity index (χ1n) is 6.92. The molecule has 0 aliphatic rings. The fraction of sp³-hybridized carbons (Fsp3) is 0.250. The highest BCUT2D eigenvalue weighted by molar-refractivity contribution is 7.10. The molecular formula is C16H16FNO4S. The lowest BCUT2D eigenvalue weighted by Gasteiger charge is -2.11. The Bertz CT molecular complexity index is 727. The standard InChI is InChI=1S/C16H16FNO4S/c1-9(2)22-11-3-4-14(13(17)6-11)18-15(19)7-12-5-10(8-23-12)16(20)21/h3-6,8-9H,7H2,1-2H3,(H,18,19)(H,20,21). The molecule has 23 heavy (non-hydrogen) atoms. The number of rotatable bonds is 6. The number of thiophene rings is 1. The largest absolute Gasteiger partial charge is 0.491 e. The second kappa shape index (κ2) is 7.23. The fourth-order valence-electron chi connectivity index (χ4n) is 1.88. The zero-order valence-electron chi connectivity index (χ0n) is 12.6. The molecule has 5 nitrogen and oxygen atoms in total. The Morgan fingerprint density at radius 2 is 2.09 bits per heavy atom. The summed E-state index contributed by atoms with van der Waals surface area (Å²) in [5.74, 6) is -1.66. The van der Waals surface area contributed by atoms with E-state index in [2.05, 4.69) is 5.32 Å². The Labute approximate surface area is 136 Å². The molecule has 0 unspecified atom stereocenters. The van der Waals surface area contributed by atoms with Gasteiger partial charge >= 0.3 is 5.97 Å². The number of carbonyl (C=O) groups excluding carboxylic acids is 1. The lowest BCUT2D eigenvalue weighted by molar-refractivity contribution is -0.115. The second-order valence-corrected chi connectivity index (χ2v) is 6.14. The van der Waals surface area contributed by atoms with Crippen molar-refractivity contribution in [2.75, 3.05) is 5.32 Å². The Balaban J connectivity index is 2.00. The minimum atomic E-state index is -1.04. The first kappa shape index (κ1) is 17.0. The van der Waals surface area contributed by atoms with Crippen LogP contribution in [-0.2, 0) is 11.2 Å². The van der Waals surface area contributed by atoms with E-state index in [1.807, 2.05) is 13.8 Å². The van der Waals surface area contributed by atoms with Gasteiger partial charge in [0.1, 0.15) is 11.6 Å². The molecule has 1 aromatic carbocycles. The molecule has 0 saturated carbocycles. The van der Waals surface area contributed by atoms with Gasteiger partial charge in [0.25, 0.3) is 0 Å². The number of amides is 1. The zero-order valence-corrected chi connectivity index (χ0v) is 13.4. The van der Waals surface area contributed by atoms with Gasteiger partial charge in [0, 0.05) is 16.3 Å². The Hall–Kier alpha value is -2.41. The minimum Gasteiger partial charge on any atom is -0.491 e. The predicted octanol–water partition coefficient (Wildman–Crippen LogP) is 3.55. The number of carbonyl (C=O) groups is 2. The van der Waals surface area contributed by atoms with Crippen LogP contribution >= 0.6 is 11.3 Å². The Kier molecular flexibility index (Phi) is 5.33. The Morgan fingerprint density at radius 1 is 1.35 bits per heavy atom. The number of hydrogen-bond donors (Lipinski definition) is 2. The highest BCUT2D eigenvalue weighted by Crippen LogP contribution is 2.22. The molecule has 2 N–H and O–H groups in total. The molecule has 0 aliphatic heterocycles. The van der Waals surface area contributed by atoms with E-state index in [-0.39, 0.29) is 23.8 Å². The van der Waals surface area contributed by atoms with Crippen LogP contribution in [0, 0.1) is 5.82 Å². The quantitative estimate of drug-likeness (QED) is 0.845. The van der Waals surface area contributed by atoms with Crippen molar-refractivity contribution in [3.8, 4) is 5.75 Å². The summed E-state index contributed by atoms with van der Waals surface area (Å²) in [5.41, 5.74) is 0.195. The number of halogens is 1. The van der Waals surface area contributed by atoms with E-state index in [0.717, 1.165) is 0 Å². The van der Waals surface area contributed by atoms with Crippen LogP contribution in [-0.4, -0.2) is 23.1 Å². The summed E-state index contributed by atoms with van der Waals surface area (Å²) < 4.78 is 19.3. The first-order valence-corrected chi connectivity index (χ1v) is 7.80. The van der Waals surface area contributed by atoms with Gasteiger partial charge < -0.3 is 15.2 Å². The maximum Gasteiger partial charge on any atom is 0.336 e. The van der Waals surface area contributed by atoms with E-state index < -0.39 is 17.7 Å². The van der Waals surface area contributed by atoms with Crippen molar-refractivity contribution in [1.29, 1.82) is 0 Å². The van der Waals surface area contributed by atoms with Crippen LogP contribution in [0.5, 0.6) is 5.75 Å². The third kappa shape index (κ3) is 4.79. The van der Waals surface area contributed by atoms with Gasteiger partial charge in [0.2, 0.25) is 5.91 Å². The molecule has 0 saturated heterocycles. The number of anilines is 1. The smallest absolute Gasteiger partial charge is 0.336 e. The summed E-state index contributed by atoms with van der Waals surface area (Å²) in [6.45, 7) is 3.67. The summed E-state index contributed by atoms with van der Waals surface area (Å²) in [7, 11) is 0.